The van der Waals surface area contributed by atoms with Gasteiger partial charge in [-0.1, -0.05) is 18.2 Å². The molecule has 0 radical (unpaired) electrons. The van der Waals surface area contributed by atoms with Gasteiger partial charge in [-0.3, -0.25) is 4.79 Å². The molecular formula is C16H17NO2S. The fourth-order valence-electron chi connectivity index (χ4n) is 1.80. The SMILES string of the molecule is CC(=O)c1ccccc1OCCSc1cccc(N)c1. The monoisotopic (exact) mass is 287 g/mol. The maximum Gasteiger partial charge on any atom is 0.163 e. The Balaban J connectivity index is 1.86. The molecule has 0 unspecified atom stereocenters. The summed E-state index contributed by atoms with van der Waals surface area (Å²) in [5, 5.41) is 0. The summed E-state index contributed by atoms with van der Waals surface area (Å²) in [5.74, 6) is 1.47. The minimum Gasteiger partial charge on any atom is -0.492 e. The summed E-state index contributed by atoms with van der Waals surface area (Å²) in [4.78, 5) is 12.6. The number of ketones is 1. The summed E-state index contributed by atoms with van der Waals surface area (Å²) in [6, 6.07) is 15.1. The molecule has 4 heteroatoms. The molecule has 0 amide bonds. The van der Waals surface area contributed by atoms with Gasteiger partial charge in [-0.25, -0.2) is 0 Å². The van der Waals surface area contributed by atoms with E-state index in [1.54, 1.807) is 24.8 Å². The molecule has 20 heavy (non-hydrogen) atoms. The Hall–Kier alpha value is -1.94. The van der Waals surface area contributed by atoms with Crippen LogP contribution >= 0.6 is 11.8 Å². The van der Waals surface area contributed by atoms with E-state index in [1.165, 1.54) is 0 Å². The van der Waals surface area contributed by atoms with Gasteiger partial charge in [0.25, 0.3) is 0 Å². The van der Waals surface area contributed by atoms with Crippen molar-refractivity contribution in [2.45, 2.75) is 11.8 Å². The van der Waals surface area contributed by atoms with Gasteiger partial charge in [0.15, 0.2) is 5.78 Å². The van der Waals surface area contributed by atoms with Crippen LogP contribution in [0.3, 0.4) is 0 Å². The van der Waals surface area contributed by atoms with Crippen molar-refractivity contribution >= 4 is 23.2 Å². The van der Waals surface area contributed by atoms with Crippen molar-refractivity contribution in [3.63, 3.8) is 0 Å². The van der Waals surface area contributed by atoms with Crippen LogP contribution < -0.4 is 10.5 Å². The van der Waals surface area contributed by atoms with E-state index < -0.39 is 0 Å². The average molecular weight is 287 g/mol. The molecule has 104 valence electrons. The Morgan fingerprint density at radius 1 is 1.20 bits per heavy atom. The molecule has 2 N–H and O–H groups in total. The Bertz CT molecular complexity index is 599. The van der Waals surface area contributed by atoms with Crippen molar-refractivity contribution in [1.82, 2.24) is 0 Å². The van der Waals surface area contributed by atoms with Crippen molar-refractivity contribution in [3.05, 3.63) is 54.1 Å². The number of benzene rings is 2. The molecule has 2 aromatic carbocycles. The molecule has 0 aromatic heterocycles. The van der Waals surface area contributed by atoms with Gasteiger partial charge in [-0.05, 0) is 37.3 Å². The molecule has 0 aliphatic rings. The first-order valence-corrected chi connectivity index (χ1v) is 7.36. The topological polar surface area (TPSA) is 52.3 Å². The lowest BCUT2D eigenvalue weighted by atomic mass is 10.1. The van der Waals surface area contributed by atoms with E-state index in [0.717, 1.165) is 16.3 Å². The lowest BCUT2D eigenvalue weighted by Crippen LogP contribution is -2.04. The second-order valence-corrected chi connectivity index (χ2v) is 5.49. The van der Waals surface area contributed by atoms with Gasteiger partial charge in [0.1, 0.15) is 5.75 Å². The van der Waals surface area contributed by atoms with Crippen LogP contribution in [-0.4, -0.2) is 18.1 Å². The van der Waals surface area contributed by atoms with E-state index in [-0.39, 0.29) is 5.78 Å². The number of hydrogen-bond donors (Lipinski definition) is 1. The smallest absolute Gasteiger partial charge is 0.163 e. The minimum absolute atomic E-state index is 0.0177. The molecule has 0 saturated carbocycles. The minimum atomic E-state index is 0.0177. The Morgan fingerprint density at radius 2 is 2.00 bits per heavy atom. The first kappa shape index (κ1) is 14.5. The number of para-hydroxylation sites is 1. The number of nitrogens with two attached hydrogens (primary N) is 1. The van der Waals surface area contributed by atoms with E-state index in [1.807, 2.05) is 42.5 Å². The number of hydrogen-bond acceptors (Lipinski definition) is 4. The van der Waals surface area contributed by atoms with E-state index in [2.05, 4.69) is 0 Å². The summed E-state index contributed by atoms with van der Waals surface area (Å²) in [6.07, 6.45) is 0. The number of Topliss-reactive ketones (excluding diaryl/α,β-unsaturated/α-hetero) is 1. The maximum absolute atomic E-state index is 11.5. The second kappa shape index (κ2) is 7.01. The number of carbonyl (C=O) groups excluding carboxylic acids is 1. The largest absolute Gasteiger partial charge is 0.492 e. The molecule has 0 bridgehead atoms. The Morgan fingerprint density at radius 3 is 2.75 bits per heavy atom. The Labute approximate surface area is 123 Å². The standard InChI is InChI=1S/C16H17NO2S/c1-12(18)15-7-2-3-8-16(15)19-9-10-20-14-6-4-5-13(17)11-14/h2-8,11H,9-10,17H2,1H3. The molecule has 0 aliphatic heterocycles. The second-order valence-electron chi connectivity index (χ2n) is 4.32. The van der Waals surface area contributed by atoms with Gasteiger partial charge in [0.05, 0.1) is 12.2 Å². The number of anilines is 1. The summed E-state index contributed by atoms with van der Waals surface area (Å²) < 4.78 is 5.68. The van der Waals surface area contributed by atoms with Crippen molar-refractivity contribution in [3.8, 4) is 5.75 Å². The summed E-state index contributed by atoms with van der Waals surface area (Å²) in [7, 11) is 0. The highest BCUT2D eigenvalue weighted by atomic mass is 32.2. The van der Waals surface area contributed by atoms with Gasteiger partial charge in [-0.2, -0.15) is 0 Å². The molecule has 3 nitrogen and oxygen atoms in total. The van der Waals surface area contributed by atoms with E-state index in [4.69, 9.17) is 10.5 Å². The molecule has 0 heterocycles. The fraction of sp³-hybridized carbons (Fsp3) is 0.188. The van der Waals surface area contributed by atoms with Gasteiger partial charge in [0.2, 0.25) is 0 Å². The number of ether oxygens (including phenoxy) is 1. The third-order valence-electron chi connectivity index (χ3n) is 2.73. The van der Waals surface area contributed by atoms with Crippen LogP contribution in [0.25, 0.3) is 0 Å². The van der Waals surface area contributed by atoms with Crippen molar-refractivity contribution in [2.24, 2.45) is 0 Å². The van der Waals surface area contributed by atoms with E-state index >= 15 is 0 Å². The van der Waals surface area contributed by atoms with Crippen LogP contribution in [0.15, 0.2) is 53.4 Å². The van der Waals surface area contributed by atoms with Gasteiger partial charge >= 0.3 is 0 Å². The van der Waals surface area contributed by atoms with Gasteiger partial charge < -0.3 is 10.5 Å². The molecule has 0 atom stereocenters. The first-order chi connectivity index (χ1) is 9.66. The van der Waals surface area contributed by atoms with Gasteiger partial charge in [0, 0.05) is 16.3 Å². The number of thioether (sulfide) groups is 1. The first-order valence-electron chi connectivity index (χ1n) is 6.38. The molecule has 0 fully saturated rings. The van der Waals surface area contributed by atoms with Crippen molar-refractivity contribution in [2.75, 3.05) is 18.1 Å². The van der Waals surface area contributed by atoms with Gasteiger partial charge in [-0.15, -0.1) is 11.8 Å². The molecule has 0 aliphatic carbocycles. The number of rotatable bonds is 6. The normalized spacial score (nSPS) is 10.2. The zero-order valence-corrected chi connectivity index (χ0v) is 12.2. The predicted molar refractivity (Wildman–Crippen MR) is 83.5 cm³/mol. The van der Waals surface area contributed by atoms with Crippen LogP contribution in [0.2, 0.25) is 0 Å². The molecule has 2 rings (SSSR count). The summed E-state index contributed by atoms with van der Waals surface area (Å²) in [5.41, 5.74) is 7.11. The quantitative estimate of drug-likeness (QED) is 0.381. The summed E-state index contributed by atoms with van der Waals surface area (Å²) >= 11 is 1.68. The van der Waals surface area contributed by atoms with Crippen molar-refractivity contribution in [1.29, 1.82) is 0 Å². The molecular weight excluding hydrogens is 270 g/mol. The maximum atomic E-state index is 11.5. The van der Waals surface area contributed by atoms with Crippen LogP contribution in [0.1, 0.15) is 17.3 Å². The highest BCUT2D eigenvalue weighted by Crippen LogP contribution is 2.22. The average Bonchev–Trinajstić information content (AvgIpc) is 2.44. The van der Waals surface area contributed by atoms with E-state index in [9.17, 15) is 4.79 Å². The fourth-order valence-corrected chi connectivity index (χ4v) is 2.60. The molecule has 0 spiro atoms. The van der Waals surface area contributed by atoms with Crippen LogP contribution in [0.4, 0.5) is 5.69 Å². The van der Waals surface area contributed by atoms with Crippen LogP contribution in [0, 0.1) is 0 Å². The van der Waals surface area contributed by atoms with E-state index in [0.29, 0.717) is 17.9 Å². The molecule has 2 aromatic rings. The third-order valence-corrected chi connectivity index (χ3v) is 3.69. The third kappa shape index (κ3) is 4.03. The number of carbonyl (C=O) groups is 1. The lowest BCUT2D eigenvalue weighted by Gasteiger charge is -2.09. The lowest BCUT2D eigenvalue weighted by molar-refractivity contribution is 0.101. The zero-order chi connectivity index (χ0) is 14.4. The summed E-state index contributed by atoms with van der Waals surface area (Å²) in [6.45, 7) is 2.09. The molecule has 0 saturated heterocycles. The highest BCUT2D eigenvalue weighted by Gasteiger charge is 2.06. The van der Waals surface area contributed by atoms with Crippen molar-refractivity contribution < 1.29 is 9.53 Å². The predicted octanol–water partition coefficient (Wildman–Crippen LogP) is 3.64. The van der Waals surface area contributed by atoms with Crippen LogP contribution in [-0.2, 0) is 0 Å². The highest BCUT2D eigenvalue weighted by molar-refractivity contribution is 7.99. The zero-order valence-electron chi connectivity index (χ0n) is 11.3. The number of nitrogen functional groups attached to an aromatic ring is 1. The van der Waals surface area contributed by atoms with Crippen LogP contribution in [0.5, 0.6) is 5.75 Å². The Kier molecular flexibility index (Phi) is 5.07.